The van der Waals surface area contributed by atoms with E-state index in [1.807, 2.05) is 0 Å². The van der Waals surface area contributed by atoms with Crippen molar-refractivity contribution in [2.45, 2.75) is 13.3 Å². The predicted octanol–water partition coefficient (Wildman–Crippen LogP) is 2.84. The summed E-state index contributed by atoms with van der Waals surface area (Å²) in [5.41, 5.74) is -0.0953. The average Bonchev–Trinajstić information content (AvgIpc) is 2.08. The maximum Gasteiger partial charge on any atom is 0.367 e. The number of nitrogens with zero attached hydrogens (tertiary/aromatic N) is 2. The lowest BCUT2D eigenvalue weighted by atomic mass is 10.2. The van der Waals surface area contributed by atoms with Gasteiger partial charge in [-0.15, -0.1) is 0 Å². The van der Waals surface area contributed by atoms with Crippen molar-refractivity contribution < 1.29 is 13.7 Å². The fourth-order valence-corrected chi connectivity index (χ4v) is 1.55. The number of aromatic nitrogens is 1. The quantitative estimate of drug-likeness (QED) is 0.479. The maximum absolute atomic E-state index is 12.3. The number of nitro groups is 1. The molecule has 0 saturated heterocycles. The maximum atomic E-state index is 12.3. The Labute approximate surface area is 91.6 Å². The zero-order valence-electron chi connectivity index (χ0n) is 7.00. The van der Waals surface area contributed by atoms with Gasteiger partial charge in [0.05, 0.1) is 11.1 Å². The highest BCUT2D eigenvalue weighted by Crippen LogP contribution is 2.29. The molecule has 0 aliphatic carbocycles. The van der Waals surface area contributed by atoms with E-state index in [0.29, 0.717) is 0 Å². The van der Waals surface area contributed by atoms with Gasteiger partial charge in [0.25, 0.3) is 6.43 Å². The fraction of sp³-hybridized carbons (Fsp3) is 0.286. The molecule has 0 spiro atoms. The lowest BCUT2D eigenvalue weighted by molar-refractivity contribution is -0.390. The highest BCUT2D eigenvalue weighted by molar-refractivity contribution is 14.1. The Morgan fingerprint density at radius 2 is 2.21 bits per heavy atom. The van der Waals surface area contributed by atoms with E-state index in [2.05, 4.69) is 4.98 Å². The molecule has 1 aromatic heterocycles. The largest absolute Gasteiger partial charge is 0.367 e. The molecule has 0 saturated carbocycles. The lowest BCUT2D eigenvalue weighted by Gasteiger charge is -2.04. The van der Waals surface area contributed by atoms with Gasteiger partial charge in [-0.1, -0.05) is 0 Å². The minimum atomic E-state index is -2.66. The van der Waals surface area contributed by atoms with E-state index in [1.165, 1.54) is 6.92 Å². The first-order chi connectivity index (χ1) is 6.45. The molecule has 4 nitrogen and oxygen atoms in total. The highest BCUT2D eigenvalue weighted by atomic mass is 127. The van der Waals surface area contributed by atoms with Crippen LogP contribution in [-0.4, -0.2) is 9.91 Å². The Kier molecular flexibility index (Phi) is 3.29. The molecule has 0 aliphatic heterocycles. The van der Waals surface area contributed by atoms with Gasteiger partial charge in [0.2, 0.25) is 0 Å². The summed E-state index contributed by atoms with van der Waals surface area (Å²) in [7, 11) is 0. The van der Waals surface area contributed by atoms with Crippen molar-refractivity contribution in [1.29, 1.82) is 0 Å². The summed E-state index contributed by atoms with van der Waals surface area (Å²) >= 11 is 1.65. The molecule has 0 N–H and O–H groups in total. The zero-order chi connectivity index (χ0) is 10.9. The standard InChI is InChI=1S/C7H5F2IN2O2/c1-3-5(10)4(6(8)9)2-11-7(3)12(13)14/h2,6H,1H3. The normalized spacial score (nSPS) is 10.6. The van der Waals surface area contributed by atoms with Crippen LogP contribution in [0.15, 0.2) is 6.20 Å². The molecule has 1 heterocycles. The van der Waals surface area contributed by atoms with Crippen LogP contribution in [0.3, 0.4) is 0 Å². The van der Waals surface area contributed by atoms with Gasteiger partial charge in [0.1, 0.15) is 6.20 Å². The van der Waals surface area contributed by atoms with Crippen molar-refractivity contribution in [3.8, 4) is 0 Å². The molecule has 14 heavy (non-hydrogen) atoms. The minimum Gasteiger partial charge on any atom is -0.358 e. The Balaban J connectivity index is 3.33. The summed E-state index contributed by atoms with van der Waals surface area (Å²) in [6.45, 7) is 1.40. The van der Waals surface area contributed by atoms with Gasteiger partial charge in [0.15, 0.2) is 0 Å². The summed E-state index contributed by atoms with van der Waals surface area (Å²) in [6.07, 6.45) is -1.81. The molecule has 1 aromatic rings. The van der Waals surface area contributed by atoms with Gasteiger partial charge in [-0.25, -0.2) is 8.78 Å². The van der Waals surface area contributed by atoms with Gasteiger partial charge in [-0.3, -0.25) is 0 Å². The first kappa shape index (κ1) is 11.2. The van der Waals surface area contributed by atoms with Gasteiger partial charge in [0, 0.05) is 3.57 Å². The van der Waals surface area contributed by atoms with E-state index < -0.39 is 11.3 Å². The van der Waals surface area contributed by atoms with Crippen LogP contribution in [0, 0.1) is 20.6 Å². The average molecular weight is 314 g/mol. The molecule has 1 rings (SSSR count). The van der Waals surface area contributed by atoms with E-state index in [1.54, 1.807) is 22.6 Å². The third kappa shape index (κ3) is 1.97. The first-order valence-electron chi connectivity index (χ1n) is 3.52. The number of rotatable bonds is 2. The molecule has 7 heteroatoms. The molecular weight excluding hydrogens is 309 g/mol. The Hall–Kier alpha value is -0.860. The van der Waals surface area contributed by atoms with Crippen molar-refractivity contribution in [3.63, 3.8) is 0 Å². The summed E-state index contributed by atoms with van der Waals surface area (Å²) in [6, 6.07) is 0. The first-order valence-corrected chi connectivity index (χ1v) is 4.60. The highest BCUT2D eigenvalue weighted by Gasteiger charge is 2.22. The summed E-state index contributed by atoms with van der Waals surface area (Å²) in [5, 5.41) is 10.4. The van der Waals surface area contributed by atoms with Crippen LogP contribution in [0.25, 0.3) is 0 Å². The van der Waals surface area contributed by atoms with Crippen LogP contribution in [-0.2, 0) is 0 Å². The molecule has 0 bridgehead atoms. The minimum absolute atomic E-state index is 0.174. The van der Waals surface area contributed by atoms with E-state index in [4.69, 9.17) is 0 Å². The van der Waals surface area contributed by atoms with Crippen LogP contribution in [0.4, 0.5) is 14.6 Å². The molecular formula is C7H5F2IN2O2. The Bertz CT molecular complexity index is 384. The van der Waals surface area contributed by atoms with Crippen LogP contribution in [0.1, 0.15) is 17.6 Å². The number of alkyl halides is 2. The van der Waals surface area contributed by atoms with Crippen molar-refractivity contribution in [3.05, 3.63) is 31.0 Å². The van der Waals surface area contributed by atoms with Crippen LogP contribution in [0.2, 0.25) is 0 Å². The second-order valence-corrected chi connectivity index (χ2v) is 3.61. The summed E-state index contributed by atoms with van der Waals surface area (Å²) < 4.78 is 24.8. The lowest BCUT2D eigenvalue weighted by Crippen LogP contribution is -2.01. The molecule has 0 aromatic carbocycles. The molecule has 0 fully saturated rings. The van der Waals surface area contributed by atoms with E-state index in [9.17, 15) is 18.9 Å². The van der Waals surface area contributed by atoms with Gasteiger partial charge in [-0.05, 0) is 39.4 Å². The van der Waals surface area contributed by atoms with E-state index >= 15 is 0 Å². The third-order valence-electron chi connectivity index (χ3n) is 1.65. The SMILES string of the molecule is Cc1c([N+](=O)[O-])ncc(C(F)F)c1I. The Morgan fingerprint density at radius 3 is 2.64 bits per heavy atom. The summed E-state index contributed by atoms with van der Waals surface area (Å²) in [5.74, 6) is -0.376. The van der Waals surface area contributed by atoms with Crippen LogP contribution < -0.4 is 0 Å². The monoisotopic (exact) mass is 314 g/mol. The third-order valence-corrected chi connectivity index (χ3v) is 3.08. The molecule has 76 valence electrons. The van der Waals surface area contributed by atoms with Crippen LogP contribution in [0.5, 0.6) is 0 Å². The van der Waals surface area contributed by atoms with Crippen molar-refractivity contribution in [1.82, 2.24) is 4.98 Å². The second kappa shape index (κ2) is 4.11. The Morgan fingerprint density at radius 1 is 1.64 bits per heavy atom. The van der Waals surface area contributed by atoms with Crippen molar-refractivity contribution in [2.24, 2.45) is 0 Å². The topological polar surface area (TPSA) is 56.0 Å². The van der Waals surface area contributed by atoms with E-state index in [-0.39, 0.29) is 20.5 Å². The zero-order valence-corrected chi connectivity index (χ0v) is 9.16. The number of hydrogen-bond acceptors (Lipinski definition) is 3. The predicted molar refractivity (Wildman–Crippen MR) is 53.3 cm³/mol. The molecule has 0 aliphatic rings. The van der Waals surface area contributed by atoms with Gasteiger partial charge in [-0.2, -0.15) is 0 Å². The molecule has 0 amide bonds. The number of pyridine rings is 1. The van der Waals surface area contributed by atoms with Gasteiger partial charge < -0.3 is 10.1 Å². The number of hydrogen-bond donors (Lipinski definition) is 0. The molecule has 0 unspecified atom stereocenters. The second-order valence-electron chi connectivity index (χ2n) is 2.53. The smallest absolute Gasteiger partial charge is 0.358 e. The molecule has 0 radical (unpaired) electrons. The summed E-state index contributed by atoms with van der Waals surface area (Å²) in [4.78, 5) is 13.1. The van der Waals surface area contributed by atoms with Crippen molar-refractivity contribution in [2.75, 3.05) is 0 Å². The molecule has 0 atom stereocenters. The van der Waals surface area contributed by atoms with Gasteiger partial charge >= 0.3 is 5.82 Å². The van der Waals surface area contributed by atoms with Crippen molar-refractivity contribution >= 4 is 28.4 Å². The van der Waals surface area contributed by atoms with E-state index in [0.717, 1.165) is 6.20 Å². The number of halogens is 3. The fourth-order valence-electron chi connectivity index (χ4n) is 0.935. The van der Waals surface area contributed by atoms with Crippen LogP contribution >= 0.6 is 22.6 Å².